The van der Waals surface area contributed by atoms with Crippen LogP contribution in [0.1, 0.15) is 31.9 Å². The molecule has 1 aromatic carbocycles. The molecule has 0 heterocycles. The number of benzene rings is 1. The van der Waals surface area contributed by atoms with Crippen LogP contribution in [0, 0.1) is 0 Å². The second-order valence-electron chi connectivity index (χ2n) is 2.67. The third kappa shape index (κ3) is 5.40. The summed E-state index contributed by atoms with van der Waals surface area (Å²) in [6.07, 6.45) is -1.29. The van der Waals surface area contributed by atoms with Crippen LogP contribution in [0.2, 0.25) is 5.02 Å². The van der Waals surface area contributed by atoms with Gasteiger partial charge in [-0.05, 0) is 17.7 Å². The van der Waals surface area contributed by atoms with E-state index in [9.17, 15) is 9.90 Å². The molecule has 0 aliphatic heterocycles. The van der Waals surface area contributed by atoms with Crippen LogP contribution < -0.4 is 0 Å². The van der Waals surface area contributed by atoms with Crippen molar-refractivity contribution in [3.63, 3.8) is 0 Å². The molecule has 84 valence electrons. The van der Waals surface area contributed by atoms with Crippen molar-refractivity contribution in [1.82, 2.24) is 0 Å². The van der Waals surface area contributed by atoms with Gasteiger partial charge < -0.3 is 10.2 Å². The molecule has 0 bridgehead atoms. The van der Waals surface area contributed by atoms with Gasteiger partial charge in [0.2, 0.25) is 0 Å². The molecule has 0 spiro atoms. The third-order valence-electron chi connectivity index (χ3n) is 1.60. The van der Waals surface area contributed by atoms with Crippen LogP contribution in [0.25, 0.3) is 0 Å². The summed E-state index contributed by atoms with van der Waals surface area (Å²) < 4.78 is 0. The van der Waals surface area contributed by atoms with Crippen LogP contribution >= 0.6 is 11.6 Å². The fourth-order valence-electron chi connectivity index (χ4n) is 0.997. The van der Waals surface area contributed by atoms with Crippen LogP contribution in [0.4, 0.5) is 0 Å². The first-order chi connectivity index (χ1) is 7.09. The average molecular weight is 231 g/mol. The highest BCUT2D eigenvalue weighted by Gasteiger charge is 2.11. The number of aliphatic carboxylic acids is 1. The first-order valence-electron chi connectivity index (χ1n) is 4.75. The number of carboxylic acid groups (broad SMARTS) is 1. The van der Waals surface area contributed by atoms with Crippen molar-refractivity contribution in [3.05, 3.63) is 34.9 Å². The molecule has 1 atom stereocenters. The maximum Gasteiger partial charge on any atom is 0.306 e. The van der Waals surface area contributed by atoms with E-state index in [1.807, 2.05) is 13.8 Å². The van der Waals surface area contributed by atoms with Crippen LogP contribution in [0.5, 0.6) is 0 Å². The summed E-state index contributed by atoms with van der Waals surface area (Å²) in [6, 6.07) is 6.52. The molecule has 1 unspecified atom stereocenters. The number of aliphatic hydroxyl groups excluding tert-OH is 1. The summed E-state index contributed by atoms with van der Waals surface area (Å²) in [7, 11) is 0. The van der Waals surface area contributed by atoms with Gasteiger partial charge >= 0.3 is 5.97 Å². The van der Waals surface area contributed by atoms with E-state index in [4.69, 9.17) is 16.7 Å². The van der Waals surface area contributed by atoms with Gasteiger partial charge in [0.05, 0.1) is 12.5 Å². The molecule has 0 aliphatic carbocycles. The van der Waals surface area contributed by atoms with Gasteiger partial charge in [-0.2, -0.15) is 0 Å². The minimum Gasteiger partial charge on any atom is -0.481 e. The van der Waals surface area contributed by atoms with Gasteiger partial charge in [-0.1, -0.05) is 37.6 Å². The quantitative estimate of drug-likeness (QED) is 0.840. The molecule has 1 rings (SSSR count). The van der Waals surface area contributed by atoms with Crippen molar-refractivity contribution in [2.75, 3.05) is 0 Å². The smallest absolute Gasteiger partial charge is 0.306 e. The first-order valence-corrected chi connectivity index (χ1v) is 5.12. The predicted octanol–water partition coefficient (Wildman–Crippen LogP) is 2.87. The van der Waals surface area contributed by atoms with Crippen molar-refractivity contribution < 1.29 is 15.0 Å². The van der Waals surface area contributed by atoms with E-state index in [2.05, 4.69) is 0 Å². The van der Waals surface area contributed by atoms with Crippen molar-refractivity contribution in [1.29, 1.82) is 0 Å². The Morgan fingerprint density at radius 3 is 2.53 bits per heavy atom. The molecule has 15 heavy (non-hydrogen) atoms. The average Bonchev–Trinajstić information content (AvgIpc) is 2.20. The molecule has 2 N–H and O–H groups in total. The highest BCUT2D eigenvalue weighted by molar-refractivity contribution is 6.30. The van der Waals surface area contributed by atoms with Gasteiger partial charge in [-0.15, -0.1) is 0 Å². The minimum absolute atomic E-state index is 0.305. The Morgan fingerprint density at radius 1 is 1.47 bits per heavy atom. The lowest BCUT2D eigenvalue weighted by Gasteiger charge is -2.07. The van der Waals surface area contributed by atoms with Gasteiger partial charge in [-0.25, -0.2) is 0 Å². The van der Waals surface area contributed by atoms with E-state index in [1.54, 1.807) is 24.3 Å². The van der Waals surface area contributed by atoms with Crippen LogP contribution in [0.3, 0.4) is 0 Å². The molecule has 0 radical (unpaired) electrons. The lowest BCUT2D eigenvalue weighted by Crippen LogP contribution is -2.05. The topological polar surface area (TPSA) is 57.5 Å². The molecule has 0 saturated heterocycles. The van der Waals surface area contributed by atoms with E-state index in [1.165, 1.54) is 0 Å². The summed E-state index contributed by atoms with van der Waals surface area (Å²) in [5.74, 6) is -1.03. The first kappa shape index (κ1) is 13.9. The maximum atomic E-state index is 10.3. The summed E-state index contributed by atoms with van der Waals surface area (Å²) in [5.41, 5.74) is 0.523. The molecule has 1 aromatic rings. The summed E-state index contributed by atoms with van der Waals surface area (Å²) in [6.45, 7) is 4.00. The maximum absolute atomic E-state index is 10.3. The SMILES string of the molecule is CC.O=C(O)CC(O)c1cccc(Cl)c1. The second kappa shape index (κ2) is 7.26. The molecular formula is C11H15ClO3. The summed E-state index contributed by atoms with van der Waals surface area (Å²) in [4.78, 5) is 10.3. The molecule has 0 fully saturated rings. The molecule has 0 amide bonds. The van der Waals surface area contributed by atoms with Crippen molar-refractivity contribution in [3.8, 4) is 0 Å². The Hall–Kier alpha value is -1.06. The number of hydrogen-bond donors (Lipinski definition) is 2. The third-order valence-corrected chi connectivity index (χ3v) is 1.84. The van der Waals surface area contributed by atoms with E-state index < -0.39 is 12.1 Å². The van der Waals surface area contributed by atoms with Crippen LogP contribution in [0.15, 0.2) is 24.3 Å². The molecule has 0 aromatic heterocycles. The number of halogens is 1. The number of aliphatic hydroxyl groups is 1. The number of hydrogen-bond acceptors (Lipinski definition) is 2. The fourth-order valence-corrected chi connectivity index (χ4v) is 1.20. The lowest BCUT2D eigenvalue weighted by atomic mass is 10.1. The largest absolute Gasteiger partial charge is 0.481 e. The zero-order valence-electron chi connectivity index (χ0n) is 8.77. The van der Waals surface area contributed by atoms with Gasteiger partial charge in [0.1, 0.15) is 0 Å². The Balaban J connectivity index is 0.000000921. The Kier molecular flexibility index (Phi) is 6.75. The van der Waals surface area contributed by atoms with Gasteiger partial charge in [-0.3, -0.25) is 4.79 Å². The standard InChI is InChI=1S/C9H9ClO3.C2H6/c10-7-3-1-2-6(4-7)8(11)5-9(12)13;1-2/h1-4,8,11H,5H2,(H,12,13);1-2H3. The summed E-state index contributed by atoms with van der Waals surface area (Å²) >= 11 is 5.67. The molecule has 3 nitrogen and oxygen atoms in total. The molecule has 4 heteroatoms. The van der Waals surface area contributed by atoms with Crippen molar-refractivity contribution >= 4 is 17.6 Å². The van der Waals surface area contributed by atoms with E-state index in [0.717, 1.165) is 0 Å². The Bertz CT molecular complexity index is 312. The van der Waals surface area contributed by atoms with Crippen molar-refractivity contribution in [2.45, 2.75) is 26.4 Å². The van der Waals surface area contributed by atoms with E-state index in [-0.39, 0.29) is 6.42 Å². The number of carbonyl (C=O) groups is 1. The minimum atomic E-state index is -1.03. The van der Waals surface area contributed by atoms with Gasteiger partial charge in [0, 0.05) is 5.02 Å². The zero-order chi connectivity index (χ0) is 11.8. The highest BCUT2D eigenvalue weighted by Crippen LogP contribution is 2.19. The van der Waals surface area contributed by atoms with E-state index >= 15 is 0 Å². The van der Waals surface area contributed by atoms with Gasteiger partial charge in [0.25, 0.3) is 0 Å². The number of rotatable bonds is 3. The number of carboxylic acids is 1. The van der Waals surface area contributed by atoms with E-state index in [0.29, 0.717) is 10.6 Å². The summed E-state index contributed by atoms with van der Waals surface area (Å²) in [5, 5.41) is 18.3. The van der Waals surface area contributed by atoms with Crippen molar-refractivity contribution in [2.24, 2.45) is 0 Å². The van der Waals surface area contributed by atoms with Gasteiger partial charge in [0.15, 0.2) is 0 Å². The monoisotopic (exact) mass is 230 g/mol. The zero-order valence-corrected chi connectivity index (χ0v) is 9.53. The van der Waals surface area contributed by atoms with Crippen LogP contribution in [-0.4, -0.2) is 16.2 Å². The highest BCUT2D eigenvalue weighted by atomic mass is 35.5. The fraction of sp³-hybridized carbons (Fsp3) is 0.364. The molecule has 0 saturated carbocycles. The molecule has 0 aliphatic rings. The normalized spacial score (nSPS) is 11.2. The Morgan fingerprint density at radius 2 is 2.07 bits per heavy atom. The second-order valence-corrected chi connectivity index (χ2v) is 3.11. The predicted molar refractivity (Wildman–Crippen MR) is 60.0 cm³/mol. The van der Waals surface area contributed by atoms with Crippen LogP contribution in [-0.2, 0) is 4.79 Å². The molecular weight excluding hydrogens is 216 g/mol. The lowest BCUT2D eigenvalue weighted by molar-refractivity contribution is -0.139. The Labute approximate surface area is 94.3 Å².